The number of amides is 1. The van der Waals surface area contributed by atoms with Gasteiger partial charge < -0.3 is 4.74 Å². The van der Waals surface area contributed by atoms with Crippen molar-refractivity contribution < 1.29 is 14.4 Å². The molecule has 3 fully saturated rings. The molecule has 0 aromatic carbocycles. The van der Waals surface area contributed by atoms with Gasteiger partial charge in [-0.2, -0.15) is 0 Å². The first kappa shape index (κ1) is 16.4. The largest absolute Gasteiger partial charge is 0.369 e. The first-order valence-corrected chi connectivity index (χ1v) is 9.42. The van der Waals surface area contributed by atoms with Crippen molar-refractivity contribution in [2.24, 2.45) is 0 Å². The van der Waals surface area contributed by atoms with Crippen LogP contribution in [0.15, 0.2) is 11.6 Å². The van der Waals surface area contributed by atoms with Crippen molar-refractivity contribution in [2.75, 3.05) is 46.4 Å². The number of carbonyl (C=O) groups is 1. The first-order chi connectivity index (χ1) is 11.7. The van der Waals surface area contributed by atoms with Gasteiger partial charge in [0.1, 0.15) is 16.7 Å². The summed E-state index contributed by atoms with van der Waals surface area (Å²) in [6.45, 7) is 5.24. The maximum atomic E-state index is 12.6. The van der Waals surface area contributed by atoms with Crippen molar-refractivity contribution in [3.63, 3.8) is 0 Å². The SMILES string of the molecule is CN1CC2(CN(Cc3nccs3)C2)OC[C@H]1C(=O)N1CCCCO1. The summed E-state index contributed by atoms with van der Waals surface area (Å²) in [5, 5.41) is 4.68. The highest BCUT2D eigenvalue weighted by molar-refractivity contribution is 7.09. The number of carbonyl (C=O) groups excluding carboxylic acids is 1. The number of thiazole rings is 1. The zero-order valence-corrected chi connectivity index (χ0v) is 14.8. The number of hydrogen-bond acceptors (Lipinski definition) is 7. The van der Waals surface area contributed by atoms with Crippen LogP contribution in [0.3, 0.4) is 0 Å². The van der Waals surface area contributed by atoms with Crippen molar-refractivity contribution in [3.8, 4) is 0 Å². The van der Waals surface area contributed by atoms with Crippen molar-refractivity contribution >= 4 is 17.2 Å². The van der Waals surface area contributed by atoms with Crippen LogP contribution < -0.4 is 0 Å². The normalized spacial score (nSPS) is 28.0. The Bertz CT molecular complexity index is 570. The van der Waals surface area contributed by atoms with Crippen LogP contribution in [0.25, 0.3) is 0 Å². The Morgan fingerprint density at radius 3 is 2.96 bits per heavy atom. The fourth-order valence-corrected chi connectivity index (χ4v) is 4.44. The molecular weight excluding hydrogens is 328 g/mol. The molecule has 1 atom stereocenters. The van der Waals surface area contributed by atoms with Crippen molar-refractivity contribution in [1.82, 2.24) is 19.8 Å². The second-order valence-corrected chi connectivity index (χ2v) is 7.96. The minimum absolute atomic E-state index is 0.0333. The fourth-order valence-electron chi connectivity index (χ4n) is 3.78. The van der Waals surface area contributed by atoms with E-state index in [1.54, 1.807) is 11.3 Å². The third kappa shape index (κ3) is 3.21. The minimum Gasteiger partial charge on any atom is -0.369 e. The number of hydroxylamine groups is 2. The van der Waals surface area contributed by atoms with Gasteiger partial charge >= 0.3 is 0 Å². The molecular formula is C16H24N4O3S. The smallest absolute Gasteiger partial charge is 0.265 e. The lowest BCUT2D eigenvalue weighted by Gasteiger charge is -2.55. The summed E-state index contributed by atoms with van der Waals surface area (Å²) in [6, 6.07) is -0.235. The summed E-state index contributed by atoms with van der Waals surface area (Å²) < 4.78 is 6.14. The molecule has 1 aromatic rings. The van der Waals surface area contributed by atoms with Gasteiger partial charge in [0, 0.05) is 37.8 Å². The number of aromatic nitrogens is 1. The number of ether oxygens (including phenoxy) is 1. The number of nitrogens with zero attached hydrogens (tertiary/aromatic N) is 4. The summed E-state index contributed by atoms with van der Waals surface area (Å²) in [5.74, 6) is 0.0333. The quantitative estimate of drug-likeness (QED) is 0.793. The number of likely N-dealkylation sites (N-methyl/N-ethyl adjacent to an activating group) is 1. The Balaban J connectivity index is 1.30. The van der Waals surface area contributed by atoms with E-state index in [9.17, 15) is 4.79 Å². The van der Waals surface area contributed by atoms with Crippen molar-refractivity contribution in [2.45, 2.75) is 31.0 Å². The van der Waals surface area contributed by atoms with E-state index >= 15 is 0 Å². The summed E-state index contributed by atoms with van der Waals surface area (Å²) in [4.78, 5) is 26.9. The van der Waals surface area contributed by atoms with E-state index in [0.717, 1.165) is 44.0 Å². The zero-order valence-electron chi connectivity index (χ0n) is 14.0. The lowest BCUT2D eigenvalue weighted by Crippen LogP contribution is -2.72. The molecule has 3 aliphatic rings. The van der Waals surface area contributed by atoms with Gasteiger partial charge in [0.05, 0.1) is 19.8 Å². The summed E-state index contributed by atoms with van der Waals surface area (Å²) in [6.07, 6.45) is 3.89. The van der Waals surface area contributed by atoms with E-state index in [1.165, 1.54) is 5.06 Å². The molecule has 0 bridgehead atoms. The van der Waals surface area contributed by atoms with Crippen LogP contribution in [0.5, 0.6) is 0 Å². The molecule has 4 heterocycles. The standard InChI is InChI=1S/C16H24N4O3S/c1-18-10-16(11-19(12-16)8-14-17-4-7-24-14)22-9-13(18)15(21)20-5-2-3-6-23-20/h4,7,13H,2-3,5-6,8-12H2,1H3/t13-/m0/s1. The Hall–Kier alpha value is -1.06. The Morgan fingerprint density at radius 2 is 2.29 bits per heavy atom. The van der Waals surface area contributed by atoms with E-state index in [0.29, 0.717) is 19.8 Å². The Morgan fingerprint density at radius 1 is 1.42 bits per heavy atom. The highest BCUT2D eigenvalue weighted by atomic mass is 32.1. The Kier molecular flexibility index (Phi) is 4.57. The predicted molar refractivity (Wildman–Crippen MR) is 89.4 cm³/mol. The second-order valence-electron chi connectivity index (χ2n) is 6.98. The van der Waals surface area contributed by atoms with Gasteiger partial charge in [-0.1, -0.05) is 0 Å². The van der Waals surface area contributed by atoms with E-state index in [4.69, 9.17) is 9.57 Å². The van der Waals surface area contributed by atoms with Gasteiger partial charge in [-0.3, -0.25) is 19.4 Å². The lowest BCUT2D eigenvalue weighted by molar-refractivity contribution is -0.224. The molecule has 132 valence electrons. The molecule has 8 heteroatoms. The van der Waals surface area contributed by atoms with Crippen molar-refractivity contribution in [3.05, 3.63) is 16.6 Å². The van der Waals surface area contributed by atoms with Gasteiger partial charge in [-0.25, -0.2) is 10.0 Å². The average Bonchev–Trinajstić information content (AvgIpc) is 3.07. The predicted octanol–water partition coefficient (Wildman–Crippen LogP) is 0.582. The molecule has 4 rings (SSSR count). The molecule has 24 heavy (non-hydrogen) atoms. The molecule has 1 aromatic heterocycles. The topological polar surface area (TPSA) is 58.1 Å². The number of rotatable bonds is 3. The summed E-state index contributed by atoms with van der Waals surface area (Å²) in [5.41, 5.74) is -0.133. The third-order valence-electron chi connectivity index (χ3n) is 5.02. The maximum absolute atomic E-state index is 12.6. The molecule has 0 saturated carbocycles. The molecule has 1 spiro atoms. The highest BCUT2D eigenvalue weighted by Gasteiger charge is 2.50. The van der Waals surface area contributed by atoms with Gasteiger partial charge in [-0.15, -0.1) is 11.3 Å². The van der Waals surface area contributed by atoms with Crippen LogP contribution in [-0.4, -0.2) is 83.8 Å². The molecule has 3 aliphatic heterocycles. The van der Waals surface area contributed by atoms with Crippen LogP contribution in [-0.2, 0) is 20.9 Å². The van der Waals surface area contributed by atoms with Crippen LogP contribution >= 0.6 is 11.3 Å². The van der Waals surface area contributed by atoms with Gasteiger partial charge in [0.25, 0.3) is 5.91 Å². The molecule has 0 N–H and O–H groups in total. The summed E-state index contributed by atoms with van der Waals surface area (Å²) >= 11 is 1.69. The van der Waals surface area contributed by atoms with Crippen molar-refractivity contribution in [1.29, 1.82) is 0 Å². The summed E-state index contributed by atoms with van der Waals surface area (Å²) in [7, 11) is 2.01. The fraction of sp³-hybridized carbons (Fsp3) is 0.750. The molecule has 3 saturated heterocycles. The molecule has 0 radical (unpaired) electrons. The second kappa shape index (κ2) is 6.68. The van der Waals surface area contributed by atoms with Gasteiger partial charge in [0.15, 0.2) is 0 Å². The van der Waals surface area contributed by atoms with Crippen LogP contribution in [0.1, 0.15) is 17.8 Å². The van der Waals surface area contributed by atoms with Crippen LogP contribution in [0, 0.1) is 0 Å². The van der Waals surface area contributed by atoms with E-state index in [-0.39, 0.29) is 17.6 Å². The van der Waals surface area contributed by atoms with E-state index in [1.807, 2.05) is 18.6 Å². The monoisotopic (exact) mass is 352 g/mol. The highest BCUT2D eigenvalue weighted by Crippen LogP contribution is 2.32. The van der Waals surface area contributed by atoms with E-state index in [2.05, 4.69) is 14.8 Å². The van der Waals surface area contributed by atoms with Crippen LogP contribution in [0.4, 0.5) is 0 Å². The third-order valence-corrected chi connectivity index (χ3v) is 5.78. The molecule has 0 unspecified atom stereocenters. The molecule has 0 aliphatic carbocycles. The molecule has 7 nitrogen and oxygen atoms in total. The number of hydrogen-bond donors (Lipinski definition) is 0. The van der Waals surface area contributed by atoms with Crippen LogP contribution in [0.2, 0.25) is 0 Å². The first-order valence-electron chi connectivity index (χ1n) is 8.54. The zero-order chi connectivity index (χ0) is 16.6. The van der Waals surface area contributed by atoms with Gasteiger partial charge in [-0.05, 0) is 19.9 Å². The minimum atomic E-state index is -0.235. The molecule has 1 amide bonds. The number of morpholine rings is 1. The van der Waals surface area contributed by atoms with E-state index < -0.39 is 0 Å². The van der Waals surface area contributed by atoms with Gasteiger partial charge in [0.2, 0.25) is 0 Å². The lowest BCUT2D eigenvalue weighted by atomic mass is 9.90. The Labute approximate surface area is 146 Å². The number of likely N-dealkylation sites (tertiary alicyclic amines) is 1. The average molecular weight is 352 g/mol. The maximum Gasteiger partial charge on any atom is 0.265 e.